The van der Waals surface area contributed by atoms with Crippen molar-refractivity contribution in [2.75, 3.05) is 19.7 Å². The summed E-state index contributed by atoms with van der Waals surface area (Å²) >= 11 is 0. The molecule has 1 heterocycles. The average Bonchev–Trinajstić information content (AvgIpc) is 2.73. The van der Waals surface area contributed by atoms with Gasteiger partial charge in [-0.15, -0.1) is 0 Å². The zero-order chi connectivity index (χ0) is 18.5. The molecule has 2 atom stereocenters. The van der Waals surface area contributed by atoms with Crippen LogP contribution in [0.2, 0.25) is 0 Å². The van der Waals surface area contributed by atoms with Crippen molar-refractivity contribution in [2.45, 2.75) is 25.0 Å². The Balaban J connectivity index is 1.45. The van der Waals surface area contributed by atoms with E-state index >= 15 is 0 Å². The molecule has 0 spiro atoms. The van der Waals surface area contributed by atoms with Crippen LogP contribution in [0, 0.1) is 6.92 Å². The van der Waals surface area contributed by atoms with E-state index in [4.69, 9.17) is 9.47 Å². The summed E-state index contributed by atoms with van der Waals surface area (Å²) in [5.74, 6) is 1.27. The topological polar surface area (TPSA) is 30.5 Å². The predicted octanol–water partition coefficient (Wildman–Crippen LogP) is 4.71. The molecule has 1 fully saturated rings. The largest absolute Gasteiger partial charge is 0.494 e. The van der Waals surface area contributed by atoms with Gasteiger partial charge in [-0.3, -0.25) is 0 Å². The molecule has 3 heteroatoms. The summed E-state index contributed by atoms with van der Waals surface area (Å²) in [6, 6.07) is 23.4. The van der Waals surface area contributed by atoms with Gasteiger partial charge in [0, 0.05) is 12.5 Å². The molecule has 0 aromatic heterocycles. The second-order valence-corrected chi connectivity index (χ2v) is 7.05. The molecule has 139 valence electrons. The molecule has 27 heavy (non-hydrogen) atoms. The highest BCUT2D eigenvalue weighted by molar-refractivity contribution is 5.82. The smallest absolute Gasteiger partial charge is 0.119 e. The maximum absolute atomic E-state index is 6.36. The van der Waals surface area contributed by atoms with Crippen molar-refractivity contribution in [2.24, 2.45) is 0 Å². The molecule has 1 radical (unpaired) electrons. The SMILES string of the molecule is [CH2]COc1ccc(C2CCNCC2OCc2ccc3ccccc3c2)cc1. The number of rotatable bonds is 6. The van der Waals surface area contributed by atoms with Crippen LogP contribution in [0.4, 0.5) is 0 Å². The predicted molar refractivity (Wildman–Crippen MR) is 110 cm³/mol. The fraction of sp³-hybridized carbons (Fsp3) is 0.292. The highest BCUT2D eigenvalue weighted by Gasteiger charge is 2.27. The lowest BCUT2D eigenvalue weighted by atomic mass is 9.87. The normalized spacial score (nSPS) is 19.9. The quantitative estimate of drug-likeness (QED) is 0.690. The standard InChI is InChI=1S/C24H26NO2/c1-2-26-22-11-9-20(10-12-22)23-13-14-25-16-24(23)27-17-18-7-8-19-5-3-4-6-21(19)15-18/h3-12,15,23-25H,1-2,13-14,16-17H2. The van der Waals surface area contributed by atoms with Crippen LogP contribution in [0.1, 0.15) is 23.5 Å². The van der Waals surface area contributed by atoms with Crippen molar-refractivity contribution >= 4 is 10.8 Å². The molecule has 0 amide bonds. The maximum Gasteiger partial charge on any atom is 0.119 e. The zero-order valence-corrected chi connectivity index (χ0v) is 15.6. The number of piperidine rings is 1. The van der Waals surface area contributed by atoms with Crippen molar-refractivity contribution < 1.29 is 9.47 Å². The van der Waals surface area contributed by atoms with Crippen LogP contribution < -0.4 is 10.1 Å². The first-order chi connectivity index (χ1) is 13.3. The van der Waals surface area contributed by atoms with E-state index in [1.807, 2.05) is 12.1 Å². The van der Waals surface area contributed by atoms with E-state index in [2.05, 4.69) is 66.8 Å². The van der Waals surface area contributed by atoms with E-state index in [-0.39, 0.29) is 6.10 Å². The number of fused-ring (bicyclic) bond motifs is 1. The lowest BCUT2D eigenvalue weighted by Gasteiger charge is -2.32. The van der Waals surface area contributed by atoms with Crippen molar-refractivity contribution in [3.63, 3.8) is 0 Å². The molecule has 3 aromatic carbocycles. The first-order valence-corrected chi connectivity index (χ1v) is 9.65. The third-order valence-corrected chi connectivity index (χ3v) is 5.28. The van der Waals surface area contributed by atoms with Gasteiger partial charge in [-0.05, 0) is 60.0 Å². The second kappa shape index (κ2) is 8.55. The fourth-order valence-electron chi connectivity index (χ4n) is 3.85. The van der Waals surface area contributed by atoms with Crippen LogP contribution >= 0.6 is 0 Å². The Morgan fingerprint density at radius 2 is 1.78 bits per heavy atom. The number of nitrogens with one attached hydrogen (secondary N) is 1. The van der Waals surface area contributed by atoms with E-state index in [9.17, 15) is 0 Å². The van der Waals surface area contributed by atoms with Crippen LogP contribution in [-0.2, 0) is 11.3 Å². The lowest BCUT2D eigenvalue weighted by molar-refractivity contribution is 0.0106. The highest BCUT2D eigenvalue weighted by Crippen LogP contribution is 2.30. The minimum absolute atomic E-state index is 0.171. The Morgan fingerprint density at radius 3 is 2.59 bits per heavy atom. The van der Waals surface area contributed by atoms with Crippen LogP contribution in [0.15, 0.2) is 66.7 Å². The number of hydrogen-bond donors (Lipinski definition) is 1. The molecule has 0 aliphatic carbocycles. The molecular formula is C24H26NO2. The minimum Gasteiger partial charge on any atom is -0.494 e. The molecule has 4 rings (SSSR count). The number of ether oxygens (including phenoxy) is 2. The third kappa shape index (κ3) is 4.32. The van der Waals surface area contributed by atoms with Gasteiger partial charge in [0.15, 0.2) is 0 Å². The molecule has 1 saturated heterocycles. The van der Waals surface area contributed by atoms with Crippen molar-refractivity contribution in [3.05, 3.63) is 84.8 Å². The molecule has 3 nitrogen and oxygen atoms in total. The molecule has 0 saturated carbocycles. The van der Waals surface area contributed by atoms with Crippen molar-refractivity contribution in [1.82, 2.24) is 5.32 Å². The number of benzene rings is 3. The summed E-state index contributed by atoms with van der Waals surface area (Å²) in [7, 11) is 0. The molecule has 1 aliphatic heterocycles. The van der Waals surface area contributed by atoms with E-state index in [1.165, 1.54) is 21.9 Å². The van der Waals surface area contributed by atoms with Gasteiger partial charge >= 0.3 is 0 Å². The number of hydrogen-bond acceptors (Lipinski definition) is 3. The Bertz CT molecular complexity index is 875. The van der Waals surface area contributed by atoms with Crippen LogP contribution in [-0.4, -0.2) is 25.8 Å². The first kappa shape index (κ1) is 18.0. The molecular weight excluding hydrogens is 334 g/mol. The summed E-state index contributed by atoms with van der Waals surface area (Å²) in [5, 5.41) is 6.00. The molecule has 1 N–H and O–H groups in total. The van der Waals surface area contributed by atoms with Crippen molar-refractivity contribution in [3.8, 4) is 5.75 Å². The van der Waals surface area contributed by atoms with E-state index < -0.39 is 0 Å². The summed E-state index contributed by atoms with van der Waals surface area (Å²) in [6.07, 6.45) is 1.25. The zero-order valence-electron chi connectivity index (χ0n) is 15.6. The molecule has 3 aromatic rings. The monoisotopic (exact) mass is 360 g/mol. The fourth-order valence-corrected chi connectivity index (χ4v) is 3.85. The average molecular weight is 360 g/mol. The summed E-state index contributed by atoms with van der Waals surface area (Å²) in [4.78, 5) is 0. The minimum atomic E-state index is 0.171. The van der Waals surface area contributed by atoms with Gasteiger partial charge in [0.25, 0.3) is 0 Å². The Hall–Kier alpha value is -2.36. The van der Waals surface area contributed by atoms with Gasteiger partial charge < -0.3 is 14.8 Å². The first-order valence-electron chi connectivity index (χ1n) is 9.65. The van der Waals surface area contributed by atoms with Crippen molar-refractivity contribution in [1.29, 1.82) is 0 Å². The van der Waals surface area contributed by atoms with E-state index in [0.29, 0.717) is 19.1 Å². The summed E-state index contributed by atoms with van der Waals surface area (Å²) < 4.78 is 11.8. The van der Waals surface area contributed by atoms with Gasteiger partial charge in [0.1, 0.15) is 5.75 Å². The lowest BCUT2D eigenvalue weighted by Crippen LogP contribution is -2.40. The van der Waals surface area contributed by atoms with Crippen LogP contribution in [0.25, 0.3) is 10.8 Å². The third-order valence-electron chi connectivity index (χ3n) is 5.28. The van der Waals surface area contributed by atoms with Crippen LogP contribution in [0.5, 0.6) is 5.75 Å². The Morgan fingerprint density at radius 1 is 0.963 bits per heavy atom. The summed E-state index contributed by atoms with van der Waals surface area (Å²) in [6.45, 7) is 6.72. The molecule has 2 unspecified atom stereocenters. The maximum atomic E-state index is 6.36. The Kier molecular flexibility index (Phi) is 5.71. The van der Waals surface area contributed by atoms with Gasteiger partial charge in [0.2, 0.25) is 0 Å². The van der Waals surface area contributed by atoms with Gasteiger partial charge in [-0.1, -0.05) is 48.5 Å². The summed E-state index contributed by atoms with van der Waals surface area (Å²) in [5.41, 5.74) is 2.54. The van der Waals surface area contributed by atoms with Gasteiger partial charge in [-0.2, -0.15) is 0 Å². The van der Waals surface area contributed by atoms with Gasteiger partial charge in [-0.25, -0.2) is 0 Å². The van der Waals surface area contributed by atoms with E-state index in [0.717, 1.165) is 25.3 Å². The van der Waals surface area contributed by atoms with Crippen LogP contribution in [0.3, 0.4) is 0 Å². The van der Waals surface area contributed by atoms with E-state index in [1.54, 1.807) is 0 Å². The molecule has 0 bridgehead atoms. The Labute approximate surface area is 161 Å². The van der Waals surface area contributed by atoms with Gasteiger partial charge in [0.05, 0.1) is 19.3 Å². The second-order valence-electron chi connectivity index (χ2n) is 7.05. The molecule has 1 aliphatic rings. The highest BCUT2D eigenvalue weighted by atomic mass is 16.5.